The minimum Gasteiger partial charge on any atom is -0.494 e. The Labute approximate surface area is 335 Å². The summed E-state index contributed by atoms with van der Waals surface area (Å²) in [5.74, 6) is 3.78. The number of para-hydroxylation sites is 4. The van der Waals surface area contributed by atoms with Crippen LogP contribution in [-0.2, 0) is 13.1 Å². The van der Waals surface area contributed by atoms with Crippen LogP contribution >= 0.6 is 0 Å². The molecule has 4 aromatic carbocycles. The Bertz CT molecular complexity index is 1910. The molecule has 0 spiro atoms. The van der Waals surface area contributed by atoms with Crippen LogP contribution in [-0.4, -0.2) is 81.4 Å². The Morgan fingerprint density at radius 2 is 0.875 bits per heavy atom. The van der Waals surface area contributed by atoms with Crippen LogP contribution in [0.1, 0.15) is 79.1 Å². The van der Waals surface area contributed by atoms with E-state index < -0.39 is 0 Å². The van der Waals surface area contributed by atoms with Crippen molar-refractivity contribution in [3.8, 4) is 34.3 Å². The molecule has 0 aliphatic rings. The molecule has 0 atom stereocenters. The van der Waals surface area contributed by atoms with E-state index in [0.29, 0.717) is 13.2 Å². The number of nitrogens with zero attached hydrogens (tertiary/aromatic N) is 6. The number of aryl methyl sites for hydroxylation is 2. The third-order valence-electron chi connectivity index (χ3n) is 10.4. The first-order valence-corrected chi connectivity index (χ1v) is 21.4. The quantitative estimate of drug-likeness (QED) is 0.0542. The van der Waals surface area contributed by atoms with Gasteiger partial charge in [-0.1, -0.05) is 76.2 Å². The minimum atomic E-state index is 0.711. The van der Waals surface area contributed by atoms with Crippen molar-refractivity contribution < 1.29 is 9.47 Å². The molecule has 0 N–H and O–H groups in total. The second-order valence-electron chi connectivity index (χ2n) is 15.0. The summed E-state index contributed by atoms with van der Waals surface area (Å²) in [7, 11) is 0. The number of imidazole rings is 2. The molecule has 8 heteroatoms. The SMILES string of the molecule is CCCN(CCC)CCCOc1cccc(-c2nc3ccccc3n2CCCCn2c(-c3cccc(OCCCN(CCC)CCC)c3)nc3ccccc32)c1. The summed E-state index contributed by atoms with van der Waals surface area (Å²) in [5, 5.41) is 0. The van der Waals surface area contributed by atoms with Gasteiger partial charge in [0.05, 0.1) is 35.3 Å². The molecule has 0 saturated heterocycles. The van der Waals surface area contributed by atoms with Gasteiger partial charge in [0.1, 0.15) is 23.1 Å². The van der Waals surface area contributed by atoms with Gasteiger partial charge in [0, 0.05) is 37.3 Å². The average Bonchev–Trinajstić information content (AvgIpc) is 3.79. The Morgan fingerprint density at radius 1 is 0.464 bits per heavy atom. The molecule has 0 amide bonds. The van der Waals surface area contributed by atoms with Crippen molar-refractivity contribution in [2.75, 3.05) is 52.5 Å². The van der Waals surface area contributed by atoms with Crippen LogP contribution in [0.5, 0.6) is 11.5 Å². The van der Waals surface area contributed by atoms with Gasteiger partial charge in [0.25, 0.3) is 0 Å². The summed E-state index contributed by atoms with van der Waals surface area (Å²) in [6.07, 6.45) is 8.79. The van der Waals surface area contributed by atoms with E-state index in [-0.39, 0.29) is 0 Å². The maximum atomic E-state index is 6.29. The summed E-state index contributed by atoms with van der Waals surface area (Å²) in [4.78, 5) is 15.4. The molecule has 0 bridgehead atoms. The normalized spacial score (nSPS) is 11.8. The van der Waals surface area contributed by atoms with Gasteiger partial charge >= 0.3 is 0 Å². The fourth-order valence-corrected chi connectivity index (χ4v) is 7.93. The standard InChI is InChI=1S/C48H64N6O2/c1-5-27-51(28-6-2)31-17-35-55-41-21-15-19-39(37-41)47-49-43-23-9-11-25-45(43)53(47)33-13-14-34-54-46-26-12-10-24-44(46)50-48(54)40-20-16-22-42(38-40)56-36-18-32-52(29-7-3)30-8-4/h9-12,15-16,19-26,37-38H,5-8,13-14,17-18,27-36H2,1-4H3. The molecule has 0 radical (unpaired) electrons. The van der Waals surface area contributed by atoms with Crippen molar-refractivity contribution in [3.63, 3.8) is 0 Å². The number of ether oxygens (including phenoxy) is 2. The molecule has 0 saturated carbocycles. The van der Waals surface area contributed by atoms with Crippen molar-refractivity contribution in [2.24, 2.45) is 0 Å². The third kappa shape index (κ3) is 11.0. The fraction of sp³-hybridized carbons (Fsp3) is 0.458. The smallest absolute Gasteiger partial charge is 0.141 e. The lowest BCUT2D eigenvalue weighted by Crippen LogP contribution is -2.27. The number of hydrogen-bond donors (Lipinski definition) is 0. The van der Waals surface area contributed by atoms with E-state index in [1.807, 2.05) is 0 Å². The van der Waals surface area contributed by atoms with Crippen LogP contribution in [0.25, 0.3) is 44.8 Å². The van der Waals surface area contributed by atoms with Crippen molar-refractivity contribution >= 4 is 22.1 Å². The maximum absolute atomic E-state index is 6.29. The van der Waals surface area contributed by atoms with E-state index in [4.69, 9.17) is 19.4 Å². The average molecular weight is 757 g/mol. The van der Waals surface area contributed by atoms with Gasteiger partial charge in [-0.3, -0.25) is 0 Å². The molecule has 298 valence electrons. The van der Waals surface area contributed by atoms with Crippen molar-refractivity contribution in [1.82, 2.24) is 28.9 Å². The molecule has 2 aromatic heterocycles. The molecule has 0 unspecified atom stereocenters. The topological polar surface area (TPSA) is 60.6 Å². The summed E-state index contributed by atoms with van der Waals surface area (Å²) < 4.78 is 17.3. The van der Waals surface area contributed by atoms with Gasteiger partial charge in [-0.15, -0.1) is 0 Å². The fourth-order valence-electron chi connectivity index (χ4n) is 7.93. The van der Waals surface area contributed by atoms with E-state index >= 15 is 0 Å². The number of unbranched alkanes of at least 4 members (excludes halogenated alkanes) is 1. The lowest BCUT2D eigenvalue weighted by atomic mass is 10.2. The van der Waals surface area contributed by atoms with Crippen molar-refractivity contribution in [1.29, 1.82) is 0 Å². The van der Waals surface area contributed by atoms with E-state index in [2.05, 4.69) is 144 Å². The Balaban J connectivity index is 1.12. The molecule has 0 fully saturated rings. The lowest BCUT2D eigenvalue weighted by Gasteiger charge is -2.20. The Kier molecular flexibility index (Phi) is 15.8. The Hall–Kier alpha value is -4.66. The molecular formula is C48H64N6O2. The van der Waals surface area contributed by atoms with Gasteiger partial charge in [0.15, 0.2) is 0 Å². The van der Waals surface area contributed by atoms with Gasteiger partial charge < -0.3 is 28.4 Å². The van der Waals surface area contributed by atoms with Crippen LogP contribution in [0.2, 0.25) is 0 Å². The highest BCUT2D eigenvalue weighted by Gasteiger charge is 2.16. The minimum absolute atomic E-state index is 0.711. The molecule has 56 heavy (non-hydrogen) atoms. The molecule has 6 rings (SSSR count). The van der Waals surface area contributed by atoms with Gasteiger partial charge in [-0.25, -0.2) is 9.97 Å². The highest BCUT2D eigenvalue weighted by molar-refractivity contribution is 5.82. The summed E-state index contributed by atoms with van der Waals surface area (Å²) in [5.41, 5.74) is 6.53. The van der Waals surface area contributed by atoms with Crippen molar-refractivity contribution in [2.45, 2.75) is 92.2 Å². The molecule has 0 aliphatic heterocycles. The first kappa shape index (κ1) is 41.0. The Morgan fingerprint density at radius 3 is 1.29 bits per heavy atom. The summed E-state index contributed by atoms with van der Waals surface area (Å²) in [6.45, 7) is 18.9. The zero-order chi connectivity index (χ0) is 39.0. The van der Waals surface area contributed by atoms with E-state index in [1.165, 1.54) is 25.7 Å². The third-order valence-corrected chi connectivity index (χ3v) is 10.4. The van der Waals surface area contributed by atoms with E-state index in [1.54, 1.807) is 0 Å². The summed E-state index contributed by atoms with van der Waals surface area (Å²) >= 11 is 0. The van der Waals surface area contributed by atoms with Crippen molar-refractivity contribution in [3.05, 3.63) is 97.1 Å². The number of benzene rings is 4. The predicted octanol–water partition coefficient (Wildman–Crippen LogP) is 11.0. The lowest BCUT2D eigenvalue weighted by molar-refractivity contribution is 0.234. The largest absolute Gasteiger partial charge is 0.494 e. The zero-order valence-corrected chi connectivity index (χ0v) is 34.5. The second kappa shape index (κ2) is 21.6. The number of rotatable bonds is 25. The van der Waals surface area contributed by atoms with Crippen LogP contribution in [0.4, 0.5) is 0 Å². The van der Waals surface area contributed by atoms with E-state index in [0.717, 1.165) is 134 Å². The second-order valence-corrected chi connectivity index (χ2v) is 15.0. The molecule has 0 aliphatic carbocycles. The maximum Gasteiger partial charge on any atom is 0.141 e. The van der Waals surface area contributed by atoms with Crippen LogP contribution < -0.4 is 9.47 Å². The zero-order valence-electron chi connectivity index (χ0n) is 34.5. The summed E-state index contributed by atoms with van der Waals surface area (Å²) in [6, 6.07) is 33.9. The molecule has 8 nitrogen and oxygen atoms in total. The monoisotopic (exact) mass is 757 g/mol. The molecular weight excluding hydrogens is 693 g/mol. The number of hydrogen-bond acceptors (Lipinski definition) is 6. The number of aromatic nitrogens is 4. The van der Waals surface area contributed by atoms with Crippen LogP contribution in [0.3, 0.4) is 0 Å². The first-order chi connectivity index (χ1) is 27.6. The highest BCUT2D eigenvalue weighted by atomic mass is 16.5. The van der Waals surface area contributed by atoms with Gasteiger partial charge in [-0.05, 0) is 126 Å². The van der Waals surface area contributed by atoms with Gasteiger partial charge in [0.2, 0.25) is 0 Å². The van der Waals surface area contributed by atoms with Gasteiger partial charge in [-0.2, -0.15) is 0 Å². The van der Waals surface area contributed by atoms with E-state index in [9.17, 15) is 0 Å². The van der Waals surface area contributed by atoms with Crippen LogP contribution in [0.15, 0.2) is 97.1 Å². The molecule has 6 aromatic rings. The first-order valence-electron chi connectivity index (χ1n) is 21.4. The number of fused-ring (bicyclic) bond motifs is 2. The predicted molar refractivity (Wildman–Crippen MR) is 234 cm³/mol. The van der Waals surface area contributed by atoms with Crippen LogP contribution in [0, 0.1) is 0 Å². The highest BCUT2D eigenvalue weighted by Crippen LogP contribution is 2.30. The molecule has 2 heterocycles.